The number of hydrogen-bond acceptors (Lipinski definition) is 4. The van der Waals surface area contributed by atoms with Crippen molar-refractivity contribution in [2.24, 2.45) is 0 Å². The van der Waals surface area contributed by atoms with Gasteiger partial charge in [0.05, 0.1) is 18.4 Å². The van der Waals surface area contributed by atoms with Gasteiger partial charge in [-0.15, -0.1) is 0 Å². The molecule has 0 spiro atoms. The molecule has 2 amide bonds. The van der Waals surface area contributed by atoms with E-state index in [0.29, 0.717) is 34.8 Å². The predicted octanol–water partition coefficient (Wildman–Crippen LogP) is 5.12. The fourth-order valence-electron chi connectivity index (χ4n) is 4.04. The van der Waals surface area contributed by atoms with Gasteiger partial charge < -0.3 is 9.64 Å². The van der Waals surface area contributed by atoms with Crippen LogP contribution in [0.2, 0.25) is 0 Å². The molecule has 0 aromatic heterocycles. The van der Waals surface area contributed by atoms with Gasteiger partial charge in [-0.3, -0.25) is 9.59 Å². The standard InChI is InChI=1S/C27H26N2O3/c1-5-28(20-11-7-6-8-12-20)25-24(22-13-9-10-14-23(22)32-4)26(30)29(27(25)31)21-16-15-18(2)19(3)17-21/h6-17H,5H2,1-4H3. The number of hydrogen-bond donors (Lipinski definition) is 0. The van der Waals surface area contributed by atoms with E-state index in [9.17, 15) is 9.59 Å². The summed E-state index contributed by atoms with van der Waals surface area (Å²) in [6, 6.07) is 22.6. The van der Waals surface area contributed by atoms with Gasteiger partial charge >= 0.3 is 0 Å². The molecule has 32 heavy (non-hydrogen) atoms. The number of imide groups is 1. The number of benzene rings is 3. The van der Waals surface area contributed by atoms with Crippen LogP contribution in [-0.2, 0) is 9.59 Å². The molecule has 1 aliphatic heterocycles. The van der Waals surface area contributed by atoms with Crippen LogP contribution < -0.4 is 14.5 Å². The molecule has 3 aromatic rings. The lowest BCUT2D eigenvalue weighted by Crippen LogP contribution is -2.35. The fraction of sp³-hybridized carbons (Fsp3) is 0.185. The quantitative estimate of drug-likeness (QED) is 0.513. The lowest BCUT2D eigenvalue weighted by molar-refractivity contribution is -0.120. The van der Waals surface area contributed by atoms with Gasteiger partial charge in [0, 0.05) is 17.8 Å². The molecule has 5 heteroatoms. The molecule has 0 unspecified atom stereocenters. The Morgan fingerprint density at radius 1 is 0.844 bits per heavy atom. The zero-order valence-corrected chi connectivity index (χ0v) is 18.8. The van der Waals surface area contributed by atoms with Crippen molar-refractivity contribution in [3.63, 3.8) is 0 Å². The number of carbonyl (C=O) groups is 2. The van der Waals surface area contributed by atoms with Crippen molar-refractivity contribution in [3.8, 4) is 5.75 Å². The second kappa shape index (κ2) is 8.71. The molecule has 0 radical (unpaired) electrons. The van der Waals surface area contributed by atoms with Gasteiger partial charge in [-0.2, -0.15) is 0 Å². The molecule has 1 aliphatic rings. The third kappa shape index (κ3) is 3.56. The van der Waals surface area contributed by atoms with Gasteiger partial charge in [0.25, 0.3) is 11.8 Å². The first kappa shape index (κ1) is 21.4. The molecule has 0 aliphatic carbocycles. The minimum absolute atomic E-state index is 0.343. The Labute approximate surface area is 188 Å². The summed E-state index contributed by atoms with van der Waals surface area (Å²) in [6.45, 7) is 6.47. The third-order valence-electron chi connectivity index (χ3n) is 5.84. The number of carbonyl (C=O) groups excluding carboxylic acids is 2. The maximum atomic E-state index is 13.8. The Morgan fingerprint density at radius 3 is 2.19 bits per heavy atom. The molecule has 162 valence electrons. The molecule has 5 nitrogen and oxygen atoms in total. The Morgan fingerprint density at radius 2 is 1.53 bits per heavy atom. The Bertz CT molecular complexity index is 1210. The van der Waals surface area contributed by atoms with Gasteiger partial charge in [0.2, 0.25) is 0 Å². The summed E-state index contributed by atoms with van der Waals surface area (Å²) >= 11 is 0. The largest absolute Gasteiger partial charge is 0.496 e. The number of aryl methyl sites for hydroxylation is 2. The van der Waals surface area contributed by atoms with Crippen LogP contribution in [0.1, 0.15) is 23.6 Å². The summed E-state index contributed by atoms with van der Waals surface area (Å²) in [7, 11) is 1.57. The summed E-state index contributed by atoms with van der Waals surface area (Å²) in [6.07, 6.45) is 0. The lowest BCUT2D eigenvalue weighted by atomic mass is 10.0. The topological polar surface area (TPSA) is 49.9 Å². The minimum atomic E-state index is -0.355. The number of nitrogens with zero attached hydrogens (tertiary/aromatic N) is 2. The Balaban J connectivity index is 1.95. The van der Waals surface area contributed by atoms with Crippen molar-refractivity contribution in [2.75, 3.05) is 23.5 Å². The predicted molar refractivity (Wildman–Crippen MR) is 128 cm³/mol. The molecular formula is C27H26N2O3. The van der Waals surface area contributed by atoms with Crippen LogP contribution in [0.3, 0.4) is 0 Å². The third-order valence-corrected chi connectivity index (χ3v) is 5.84. The lowest BCUT2D eigenvalue weighted by Gasteiger charge is -2.25. The SMILES string of the molecule is CCN(C1=C(c2ccccc2OC)C(=O)N(c2ccc(C)c(C)c2)C1=O)c1ccccc1. The van der Waals surface area contributed by atoms with Crippen molar-refractivity contribution in [2.45, 2.75) is 20.8 Å². The molecular weight excluding hydrogens is 400 g/mol. The maximum absolute atomic E-state index is 13.8. The van der Waals surface area contributed by atoms with Crippen molar-refractivity contribution in [3.05, 3.63) is 95.2 Å². The van der Waals surface area contributed by atoms with Crippen LogP contribution in [0.15, 0.2) is 78.5 Å². The Kier molecular flexibility index (Phi) is 5.82. The van der Waals surface area contributed by atoms with E-state index in [0.717, 1.165) is 16.8 Å². The molecule has 4 rings (SSSR count). The van der Waals surface area contributed by atoms with E-state index in [4.69, 9.17) is 4.74 Å². The fourth-order valence-corrected chi connectivity index (χ4v) is 4.04. The first-order chi connectivity index (χ1) is 15.5. The van der Waals surface area contributed by atoms with Crippen molar-refractivity contribution in [1.29, 1.82) is 0 Å². The highest BCUT2D eigenvalue weighted by Gasteiger charge is 2.43. The number of anilines is 2. The number of likely N-dealkylation sites (N-methyl/N-ethyl adjacent to an activating group) is 1. The van der Waals surface area contributed by atoms with E-state index in [-0.39, 0.29) is 11.8 Å². The number of methoxy groups -OCH3 is 1. The zero-order valence-electron chi connectivity index (χ0n) is 18.8. The van der Waals surface area contributed by atoms with Gasteiger partial charge in [-0.1, -0.05) is 42.5 Å². The average Bonchev–Trinajstić information content (AvgIpc) is 3.07. The van der Waals surface area contributed by atoms with E-state index in [1.165, 1.54) is 4.90 Å². The number of ether oxygens (including phenoxy) is 1. The molecule has 1 heterocycles. The number of rotatable bonds is 6. The first-order valence-corrected chi connectivity index (χ1v) is 10.6. The first-order valence-electron chi connectivity index (χ1n) is 10.6. The van der Waals surface area contributed by atoms with Crippen molar-refractivity contribution >= 4 is 28.8 Å². The molecule has 0 saturated carbocycles. The molecule has 0 bridgehead atoms. The van der Waals surface area contributed by atoms with Crippen LogP contribution in [0.5, 0.6) is 5.75 Å². The molecule has 0 saturated heterocycles. The van der Waals surface area contributed by atoms with Crippen LogP contribution >= 0.6 is 0 Å². The van der Waals surface area contributed by atoms with E-state index >= 15 is 0 Å². The molecule has 3 aromatic carbocycles. The maximum Gasteiger partial charge on any atom is 0.282 e. The van der Waals surface area contributed by atoms with Gasteiger partial charge in [-0.05, 0) is 62.2 Å². The van der Waals surface area contributed by atoms with Crippen molar-refractivity contribution in [1.82, 2.24) is 0 Å². The second-order valence-corrected chi connectivity index (χ2v) is 7.72. The van der Waals surface area contributed by atoms with E-state index < -0.39 is 0 Å². The van der Waals surface area contributed by atoms with Gasteiger partial charge in [0.1, 0.15) is 11.4 Å². The van der Waals surface area contributed by atoms with Gasteiger partial charge in [0.15, 0.2) is 0 Å². The monoisotopic (exact) mass is 426 g/mol. The Hall–Kier alpha value is -3.86. The second-order valence-electron chi connectivity index (χ2n) is 7.72. The van der Waals surface area contributed by atoms with Gasteiger partial charge in [-0.25, -0.2) is 4.90 Å². The highest BCUT2D eigenvalue weighted by Crippen LogP contribution is 2.39. The highest BCUT2D eigenvalue weighted by molar-refractivity contribution is 6.46. The van der Waals surface area contributed by atoms with E-state index in [2.05, 4.69) is 0 Å². The van der Waals surface area contributed by atoms with E-state index in [1.807, 2.05) is 92.4 Å². The van der Waals surface area contributed by atoms with Crippen molar-refractivity contribution < 1.29 is 14.3 Å². The van der Waals surface area contributed by atoms with Crippen LogP contribution in [0.25, 0.3) is 5.57 Å². The minimum Gasteiger partial charge on any atom is -0.496 e. The number of para-hydroxylation sites is 2. The number of amides is 2. The smallest absolute Gasteiger partial charge is 0.282 e. The van der Waals surface area contributed by atoms with Crippen LogP contribution in [0.4, 0.5) is 11.4 Å². The summed E-state index contributed by atoms with van der Waals surface area (Å²) in [5.74, 6) is -0.149. The summed E-state index contributed by atoms with van der Waals surface area (Å²) in [5.41, 5.74) is 4.83. The van der Waals surface area contributed by atoms with Crippen LogP contribution in [-0.4, -0.2) is 25.5 Å². The molecule has 0 atom stereocenters. The van der Waals surface area contributed by atoms with E-state index in [1.54, 1.807) is 13.2 Å². The molecule has 0 fully saturated rings. The normalized spacial score (nSPS) is 13.7. The average molecular weight is 427 g/mol. The summed E-state index contributed by atoms with van der Waals surface area (Å²) < 4.78 is 5.55. The molecule has 0 N–H and O–H groups in total. The van der Waals surface area contributed by atoms with Crippen LogP contribution in [0, 0.1) is 13.8 Å². The summed E-state index contributed by atoms with van der Waals surface area (Å²) in [5, 5.41) is 0. The zero-order chi connectivity index (χ0) is 22.8. The summed E-state index contributed by atoms with van der Waals surface area (Å²) in [4.78, 5) is 30.8. The highest BCUT2D eigenvalue weighted by atomic mass is 16.5.